The molecule has 0 spiro atoms. The Balaban J connectivity index is 1.26. The first-order valence-corrected chi connectivity index (χ1v) is 12.7. The number of hydrogen-bond donors (Lipinski definition) is 0. The summed E-state index contributed by atoms with van der Waals surface area (Å²) in [6.07, 6.45) is -2.20. The molecule has 0 unspecified atom stereocenters. The van der Waals surface area contributed by atoms with Crippen molar-refractivity contribution in [2.24, 2.45) is 0 Å². The molecule has 5 rings (SSSR count). The van der Waals surface area contributed by atoms with Crippen molar-refractivity contribution >= 4 is 27.1 Å². The van der Waals surface area contributed by atoms with E-state index in [2.05, 4.69) is 10.1 Å². The van der Waals surface area contributed by atoms with Crippen LogP contribution in [0.5, 0.6) is 0 Å². The number of aryl methyl sites for hydroxylation is 1. The number of rotatable bonds is 6. The van der Waals surface area contributed by atoms with E-state index in [1.54, 1.807) is 24.3 Å². The van der Waals surface area contributed by atoms with Crippen LogP contribution in [-0.2, 0) is 31.8 Å². The van der Waals surface area contributed by atoms with Gasteiger partial charge in [0.2, 0.25) is 5.91 Å². The first-order valence-electron chi connectivity index (χ1n) is 11.3. The van der Waals surface area contributed by atoms with Gasteiger partial charge in [0.15, 0.2) is 0 Å². The van der Waals surface area contributed by atoms with Crippen LogP contribution in [0.1, 0.15) is 11.1 Å². The highest BCUT2D eigenvalue weighted by atomic mass is 32.2. The summed E-state index contributed by atoms with van der Waals surface area (Å²) >= 11 is 0. The largest absolute Gasteiger partial charge is 0.416 e. The Kier molecular flexibility index (Phi) is 6.24. The van der Waals surface area contributed by atoms with E-state index in [0.29, 0.717) is 22.2 Å². The molecule has 1 amide bonds. The van der Waals surface area contributed by atoms with Gasteiger partial charge in [-0.05, 0) is 42.8 Å². The van der Waals surface area contributed by atoms with Gasteiger partial charge in [-0.1, -0.05) is 29.8 Å². The number of alkyl halides is 3. The summed E-state index contributed by atoms with van der Waals surface area (Å²) in [7, 11) is -3.94. The molecule has 1 fully saturated rings. The van der Waals surface area contributed by atoms with Crippen LogP contribution in [0.2, 0.25) is 0 Å². The number of carbonyl (C=O) groups excluding carboxylic acids is 1. The topological polar surface area (TPSA) is 94.4 Å². The van der Waals surface area contributed by atoms with Crippen molar-refractivity contribution in [1.82, 2.24) is 19.7 Å². The number of benzene rings is 2. The van der Waals surface area contributed by atoms with Gasteiger partial charge >= 0.3 is 6.18 Å². The molecule has 12 heteroatoms. The molecule has 0 N–H and O–H groups in total. The first kappa shape index (κ1) is 24.9. The second-order valence-electron chi connectivity index (χ2n) is 8.79. The van der Waals surface area contributed by atoms with Gasteiger partial charge in [-0.25, -0.2) is 0 Å². The number of pyridine rings is 1. The van der Waals surface area contributed by atoms with Crippen molar-refractivity contribution in [1.29, 1.82) is 0 Å². The Morgan fingerprint density at radius 3 is 2.49 bits per heavy atom. The minimum absolute atomic E-state index is 0.0509. The molecule has 4 aromatic rings. The van der Waals surface area contributed by atoms with E-state index in [1.165, 1.54) is 40.2 Å². The lowest BCUT2D eigenvalue weighted by Gasteiger charge is -2.38. The molecule has 0 bridgehead atoms. The lowest BCUT2D eigenvalue weighted by molar-refractivity contribution is -0.140. The molecule has 0 radical (unpaired) electrons. The van der Waals surface area contributed by atoms with Crippen LogP contribution >= 0.6 is 0 Å². The summed E-state index contributed by atoms with van der Waals surface area (Å²) in [5.41, 5.74) is 1.90. The monoisotopic (exact) mass is 530 g/mol. The highest BCUT2D eigenvalue weighted by Crippen LogP contribution is 2.32. The van der Waals surface area contributed by atoms with Crippen molar-refractivity contribution in [2.75, 3.05) is 13.1 Å². The summed E-state index contributed by atoms with van der Waals surface area (Å²) < 4.78 is 70.9. The van der Waals surface area contributed by atoms with Crippen molar-refractivity contribution in [3.8, 4) is 11.1 Å². The number of amides is 1. The molecule has 0 saturated carbocycles. The Morgan fingerprint density at radius 2 is 1.78 bits per heavy atom. The molecule has 192 valence electrons. The standard InChI is InChI=1S/C25H21F3N4O4S/c1-16-5-7-21(8-6-16)37(34,35)36-20-13-31(14-20)24(33)15-32-23-10-18(11-29-22(23)12-30-32)17-3-2-4-19(9-17)25(26,27)28/h2-12,20H,13-15H2,1H3. The third-order valence-electron chi connectivity index (χ3n) is 6.08. The molecule has 3 heterocycles. The summed E-state index contributed by atoms with van der Waals surface area (Å²) in [5, 5.41) is 4.19. The lowest BCUT2D eigenvalue weighted by atomic mass is 10.0. The van der Waals surface area contributed by atoms with Crippen molar-refractivity contribution < 1.29 is 30.6 Å². The van der Waals surface area contributed by atoms with Gasteiger partial charge in [-0.2, -0.15) is 26.7 Å². The summed E-state index contributed by atoms with van der Waals surface area (Å²) in [6, 6.07) is 12.8. The second-order valence-corrected chi connectivity index (χ2v) is 10.4. The van der Waals surface area contributed by atoms with Crippen LogP contribution in [-0.4, -0.2) is 53.2 Å². The van der Waals surface area contributed by atoms with Gasteiger partial charge < -0.3 is 4.90 Å². The molecule has 0 aliphatic carbocycles. The van der Waals surface area contributed by atoms with Crippen molar-refractivity contribution in [3.63, 3.8) is 0 Å². The first-order chi connectivity index (χ1) is 17.5. The SMILES string of the molecule is Cc1ccc(S(=O)(=O)OC2CN(C(=O)Cn3ncc4ncc(-c5cccc(C(F)(F)F)c5)cc43)C2)cc1. The van der Waals surface area contributed by atoms with E-state index >= 15 is 0 Å². The third kappa shape index (κ3) is 5.20. The predicted molar refractivity (Wildman–Crippen MR) is 128 cm³/mol. The number of halogens is 3. The van der Waals surface area contributed by atoms with Crippen molar-refractivity contribution in [3.05, 3.63) is 78.1 Å². The van der Waals surface area contributed by atoms with Crippen LogP contribution < -0.4 is 0 Å². The number of likely N-dealkylation sites (tertiary alicyclic amines) is 1. The van der Waals surface area contributed by atoms with Crippen LogP contribution in [0.25, 0.3) is 22.2 Å². The molecule has 1 aliphatic rings. The maximum atomic E-state index is 13.1. The fourth-order valence-electron chi connectivity index (χ4n) is 3.99. The summed E-state index contributed by atoms with van der Waals surface area (Å²) in [5.74, 6) is -0.304. The number of hydrogen-bond acceptors (Lipinski definition) is 6. The fraction of sp³-hybridized carbons (Fsp3) is 0.240. The Bertz CT molecular complexity index is 1580. The van der Waals surface area contributed by atoms with Crippen LogP contribution in [0.3, 0.4) is 0 Å². The minimum Gasteiger partial charge on any atom is -0.336 e. The van der Waals surface area contributed by atoms with Gasteiger partial charge in [-0.3, -0.25) is 18.6 Å². The number of carbonyl (C=O) groups is 1. The highest BCUT2D eigenvalue weighted by molar-refractivity contribution is 7.86. The molecular weight excluding hydrogens is 509 g/mol. The molecule has 0 atom stereocenters. The molecule has 1 saturated heterocycles. The molecule has 8 nitrogen and oxygen atoms in total. The van der Waals surface area contributed by atoms with Gasteiger partial charge in [0.1, 0.15) is 18.2 Å². The number of nitrogens with zero attached hydrogens (tertiary/aromatic N) is 4. The van der Waals surface area contributed by atoms with Gasteiger partial charge in [0.25, 0.3) is 10.1 Å². The third-order valence-corrected chi connectivity index (χ3v) is 7.45. The average molecular weight is 531 g/mol. The van der Waals surface area contributed by atoms with E-state index in [9.17, 15) is 26.4 Å². The molecule has 2 aromatic carbocycles. The highest BCUT2D eigenvalue weighted by Gasteiger charge is 2.35. The van der Waals surface area contributed by atoms with Gasteiger partial charge in [0, 0.05) is 11.8 Å². The zero-order chi connectivity index (χ0) is 26.4. The molecular formula is C25H21F3N4O4S. The van der Waals surface area contributed by atoms with E-state index in [1.807, 2.05) is 6.92 Å². The average Bonchev–Trinajstić information content (AvgIpc) is 3.22. The normalized spacial score (nSPS) is 14.6. The van der Waals surface area contributed by atoms with E-state index in [0.717, 1.165) is 17.7 Å². The number of aromatic nitrogens is 3. The van der Waals surface area contributed by atoms with Crippen LogP contribution in [0.4, 0.5) is 13.2 Å². The van der Waals surface area contributed by atoms with E-state index in [4.69, 9.17) is 4.18 Å². The van der Waals surface area contributed by atoms with Gasteiger partial charge in [-0.15, -0.1) is 0 Å². The summed E-state index contributed by atoms with van der Waals surface area (Å²) in [4.78, 5) is 18.5. The van der Waals surface area contributed by atoms with Crippen molar-refractivity contribution in [2.45, 2.75) is 30.6 Å². The predicted octanol–water partition coefficient (Wildman–Crippen LogP) is 4.04. The molecule has 37 heavy (non-hydrogen) atoms. The minimum atomic E-state index is -4.47. The van der Waals surface area contributed by atoms with Crippen LogP contribution in [0.15, 0.2) is 71.9 Å². The van der Waals surface area contributed by atoms with Crippen LogP contribution in [0, 0.1) is 6.92 Å². The number of fused-ring (bicyclic) bond motifs is 1. The quantitative estimate of drug-likeness (QED) is 0.349. The maximum Gasteiger partial charge on any atom is 0.416 e. The fourth-order valence-corrected chi connectivity index (χ4v) is 5.05. The van der Waals surface area contributed by atoms with E-state index < -0.39 is 28.0 Å². The molecule has 2 aromatic heterocycles. The van der Waals surface area contributed by atoms with Gasteiger partial charge in [0.05, 0.1) is 35.3 Å². The smallest absolute Gasteiger partial charge is 0.336 e. The zero-order valence-corrected chi connectivity index (χ0v) is 20.3. The Morgan fingerprint density at radius 1 is 1.05 bits per heavy atom. The maximum absolute atomic E-state index is 13.1. The second kappa shape index (κ2) is 9.27. The zero-order valence-electron chi connectivity index (χ0n) is 19.5. The summed E-state index contributed by atoms with van der Waals surface area (Å²) in [6.45, 7) is 1.92. The van der Waals surface area contributed by atoms with E-state index in [-0.39, 0.29) is 30.4 Å². The molecule has 1 aliphatic heterocycles. The Hall–Kier alpha value is -3.77. The lowest BCUT2D eigenvalue weighted by Crippen LogP contribution is -2.56. The Labute approximate surface area is 210 Å².